The number of pyridine rings is 1. The third-order valence-corrected chi connectivity index (χ3v) is 2.95. The third kappa shape index (κ3) is 3.66. The number of nitrogens with one attached hydrogen (secondary N) is 1. The summed E-state index contributed by atoms with van der Waals surface area (Å²) in [5.74, 6) is 0.345. The Morgan fingerprint density at radius 2 is 2.22 bits per heavy atom. The number of nitrogens with zero attached hydrogens (tertiary/aromatic N) is 3. The molecule has 0 spiro atoms. The van der Waals surface area contributed by atoms with E-state index in [2.05, 4.69) is 29.0 Å². The smallest absolute Gasteiger partial charge is 0.314 e. The first kappa shape index (κ1) is 14.4. The molecule has 6 nitrogen and oxygen atoms in total. The van der Waals surface area contributed by atoms with Crippen LogP contribution in [0.5, 0.6) is 0 Å². The van der Waals surface area contributed by atoms with Gasteiger partial charge in [-0.15, -0.1) is 0 Å². The van der Waals surface area contributed by atoms with Crippen molar-refractivity contribution in [2.45, 2.75) is 26.8 Å². The van der Waals surface area contributed by atoms with Crippen molar-refractivity contribution in [1.29, 1.82) is 0 Å². The lowest BCUT2D eigenvalue weighted by Gasteiger charge is -2.21. The first-order valence-corrected chi connectivity index (χ1v) is 5.97. The van der Waals surface area contributed by atoms with Crippen LogP contribution in [0, 0.1) is 17.0 Å². The molecule has 6 heteroatoms. The summed E-state index contributed by atoms with van der Waals surface area (Å²) in [6.07, 6.45) is 1.58. The quantitative estimate of drug-likeness (QED) is 0.619. The molecule has 0 unspecified atom stereocenters. The van der Waals surface area contributed by atoms with Gasteiger partial charge in [0.05, 0.1) is 4.92 Å². The number of aromatic nitrogens is 1. The molecule has 0 aliphatic rings. The molecule has 0 aliphatic heterocycles. The summed E-state index contributed by atoms with van der Waals surface area (Å²) in [5.41, 5.74) is 0.680. The van der Waals surface area contributed by atoms with Crippen molar-refractivity contribution in [1.82, 2.24) is 9.88 Å². The molecule has 0 aliphatic carbocycles. The minimum Gasteiger partial charge on any atom is -0.363 e. The van der Waals surface area contributed by atoms with E-state index in [4.69, 9.17) is 0 Å². The number of aryl methyl sites for hydroxylation is 1. The fourth-order valence-corrected chi connectivity index (χ4v) is 1.52. The summed E-state index contributed by atoms with van der Waals surface area (Å²) in [6.45, 7) is 7.36. The Morgan fingerprint density at radius 1 is 1.56 bits per heavy atom. The zero-order chi connectivity index (χ0) is 13.7. The maximum atomic E-state index is 11.0. The maximum absolute atomic E-state index is 11.0. The van der Waals surface area contributed by atoms with E-state index in [1.165, 1.54) is 0 Å². The van der Waals surface area contributed by atoms with Crippen LogP contribution in [0.2, 0.25) is 0 Å². The number of anilines is 1. The zero-order valence-electron chi connectivity index (χ0n) is 11.3. The molecule has 1 aromatic heterocycles. The van der Waals surface area contributed by atoms with Gasteiger partial charge in [-0.05, 0) is 33.9 Å². The number of rotatable bonds is 6. The van der Waals surface area contributed by atoms with Crippen LogP contribution in [0.1, 0.15) is 19.4 Å². The van der Waals surface area contributed by atoms with Gasteiger partial charge in [0, 0.05) is 30.9 Å². The second-order valence-electron chi connectivity index (χ2n) is 4.58. The van der Waals surface area contributed by atoms with E-state index in [1.807, 2.05) is 7.05 Å². The SMILES string of the molecule is Cc1ccnc(NCCN(C)C(C)C)c1[N+](=O)[O-]. The van der Waals surface area contributed by atoms with Gasteiger partial charge in [-0.2, -0.15) is 0 Å². The second kappa shape index (κ2) is 6.30. The lowest BCUT2D eigenvalue weighted by Crippen LogP contribution is -2.31. The summed E-state index contributed by atoms with van der Waals surface area (Å²) in [4.78, 5) is 16.8. The van der Waals surface area contributed by atoms with Crippen LogP contribution in [-0.4, -0.2) is 41.0 Å². The molecular weight excluding hydrogens is 232 g/mol. The molecule has 0 amide bonds. The number of nitro groups is 1. The normalized spacial score (nSPS) is 11.0. The predicted octanol–water partition coefficient (Wildman–Crippen LogP) is 2.05. The standard InChI is InChI=1S/C12H20N4O2/c1-9(2)15(4)8-7-14-12-11(16(17)18)10(3)5-6-13-12/h5-6,9H,7-8H2,1-4H3,(H,13,14). The van der Waals surface area contributed by atoms with E-state index in [-0.39, 0.29) is 5.69 Å². The van der Waals surface area contributed by atoms with Gasteiger partial charge in [0.25, 0.3) is 0 Å². The second-order valence-corrected chi connectivity index (χ2v) is 4.58. The molecule has 0 saturated carbocycles. The Kier molecular flexibility index (Phi) is 5.03. The summed E-state index contributed by atoms with van der Waals surface area (Å²) in [5, 5.41) is 14.0. The van der Waals surface area contributed by atoms with E-state index < -0.39 is 4.92 Å². The highest BCUT2D eigenvalue weighted by atomic mass is 16.6. The summed E-state index contributed by atoms with van der Waals surface area (Å²) in [7, 11) is 2.02. The molecule has 1 heterocycles. The Balaban J connectivity index is 2.68. The van der Waals surface area contributed by atoms with Gasteiger partial charge in [-0.25, -0.2) is 4.98 Å². The minimum atomic E-state index is -0.392. The van der Waals surface area contributed by atoms with E-state index >= 15 is 0 Å². The molecule has 0 radical (unpaired) electrons. The maximum Gasteiger partial charge on any atom is 0.314 e. The lowest BCUT2D eigenvalue weighted by atomic mass is 10.2. The first-order chi connectivity index (χ1) is 8.43. The van der Waals surface area contributed by atoms with Gasteiger partial charge in [-0.1, -0.05) is 0 Å². The van der Waals surface area contributed by atoms with E-state index in [0.29, 0.717) is 24.0 Å². The van der Waals surface area contributed by atoms with Crippen LogP contribution in [0.25, 0.3) is 0 Å². The fourth-order valence-electron chi connectivity index (χ4n) is 1.52. The fraction of sp³-hybridized carbons (Fsp3) is 0.583. The Bertz CT molecular complexity index is 421. The topological polar surface area (TPSA) is 71.3 Å². The highest BCUT2D eigenvalue weighted by Gasteiger charge is 2.17. The summed E-state index contributed by atoms with van der Waals surface area (Å²) in [6, 6.07) is 2.09. The van der Waals surface area contributed by atoms with Gasteiger partial charge in [0.2, 0.25) is 5.82 Å². The van der Waals surface area contributed by atoms with Gasteiger partial charge >= 0.3 is 5.69 Å². The highest BCUT2D eigenvalue weighted by Crippen LogP contribution is 2.24. The molecule has 18 heavy (non-hydrogen) atoms. The van der Waals surface area contributed by atoms with E-state index in [9.17, 15) is 10.1 Å². The molecular formula is C12H20N4O2. The number of hydrogen-bond donors (Lipinski definition) is 1. The minimum absolute atomic E-state index is 0.0599. The average Bonchev–Trinajstić information content (AvgIpc) is 2.28. The van der Waals surface area contributed by atoms with Gasteiger partial charge < -0.3 is 10.2 Å². The Morgan fingerprint density at radius 3 is 2.78 bits per heavy atom. The van der Waals surface area contributed by atoms with Crippen molar-refractivity contribution >= 4 is 11.5 Å². The third-order valence-electron chi connectivity index (χ3n) is 2.95. The van der Waals surface area contributed by atoms with Crippen LogP contribution in [0.3, 0.4) is 0 Å². The highest BCUT2D eigenvalue weighted by molar-refractivity contribution is 5.59. The van der Waals surface area contributed by atoms with E-state index in [1.54, 1.807) is 19.2 Å². The molecule has 1 N–H and O–H groups in total. The van der Waals surface area contributed by atoms with Crippen molar-refractivity contribution in [3.63, 3.8) is 0 Å². The van der Waals surface area contributed by atoms with Gasteiger partial charge in [-0.3, -0.25) is 10.1 Å². The number of likely N-dealkylation sites (N-methyl/N-ethyl adjacent to an activating group) is 1. The first-order valence-electron chi connectivity index (χ1n) is 5.97. The van der Waals surface area contributed by atoms with E-state index in [0.717, 1.165) is 6.54 Å². The largest absolute Gasteiger partial charge is 0.363 e. The summed E-state index contributed by atoms with van der Waals surface area (Å²) >= 11 is 0. The van der Waals surface area contributed by atoms with Crippen molar-refractivity contribution < 1.29 is 4.92 Å². The lowest BCUT2D eigenvalue weighted by molar-refractivity contribution is -0.384. The molecule has 0 saturated heterocycles. The molecule has 1 rings (SSSR count). The molecule has 100 valence electrons. The van der Waals surface area contributed by atoms with Crippen LogP contribution in [0.15, 0.2) is 12.3 Å². The molecule has 0 bridgehead atoms. The Labute approximate surface area is 107 Å². The van der Waals surface area contributed by atoms with Gasteiger partial charge in [0.15, 0.2) is 0 Å². The van der Waals surface area contributed by atoms with Crippen molar-refractivity contribution in [2.75, 3.05) is 25.5 Å². The molecule has 0 fully saturated rings. The van der Waals surface area contributed by atoms with Crippen LogP contribution in [-0.2, 0) is 0 Å². The average molecular weight is 252 g/mol. The molecule has 1 aromatic rings. The Hall–Kier alpha value is -1.69. The van der Waals surface area contributed by atoms with Crippen molar-refractivity contribution in [3.8, 4) is 0 Å². The van der Waals surface area contributed by atoms with Crippen LogP contribution >= 0.6 is 0 Å². The molecule has 0 aromatic carbocycles. The predicted molar refractivity (Wildman–Crippen MR) is 71.9 cm³/mol. The number of hydrogen-bond acceptors (Lipinski definition) is 5. The van der Waals surface area contributed by atoms with Crippen molar-refractivity contribution in [2.24, 2.45) is 0 Å². The summed E-state index contributed by atoms with van der Waals surface area (Å²) < 4.78 is 0. The van der Waals surface area contributed by atoms with Crippen LogP contribution < -0.4 is 5.32 Å². The van der Waals surface area contributed by atoms with Crippen LogP contribution in [0.4, 0.5) is 11.5 Å². The zero-order valence-corrected chi connectivity index (χ0v) is 11.3. The van der Waals surface area contributed by atoms with Crippen molar-refractivity contribution in [3.05, 3.63) is 27.9 Å². The molecule has 0 atom stereocenters. The monoisotopic (exact) mass is 252 g/mol. The van der Waals surface area contributed by atoms with Gasteiger partial charge in [0.1, 0.15) is 0 Å².